The summed E-state index contributed by atoms with van der Waals surface area (Å²) in [5.41, 5.74) is 3.76. The van der Waals surface area contributed by atoms with Gasteiger partial charge in [-0.25, -0.2) is 4.98 Å². The van der Waals surface area contributed by atoms with E-state index in [0.717, 1.165) is 36.4 Å². The van der Waals surface area contributed by atoms with Gasteiger partial charge in [-0.05, 0) is 52.5 Å². The molecule has 5 heteroatoms. The fraction of sp³-hybridized carbons (Fsp3) is 0.500. The quantitative estimate of drug-likeness (QED) is 0.826. The minimum atomic E-state index is -0.0261. The lowest BCUT2D eigenvalue weighted by Crippen LogP contribution is -2.27. The first-order valence-corrected chi connectivity index (χ1v) is 7.43. The van der Waals surface area contributed by atoms with Gasteiger partial charge >= 0.3 is 0 Å². The summed E-state index contributed by atoms with van der Waals surface area (Å²) >= 11 is 0. The van der Waals surface area contributed by atoms with Crippen molar-refractivity contribution in [1.82, 2.24) is 19.6 Å². The fourth-order valence-electron chi connectivity index (χ4n) is 2.38. The van der Waals surface area contributed by atoms with E-state index in [9.17, 15) is 4.79 Å². The van der Waals surface area contributed by atoms with E-state index in [-0.39, 0.29) is 5.91 Å². The van der Waals surface area contributed by atoms with E-state index in [4.69, 9.17) is 0 Å². The third-order valence-corrected chi connectivity index (χ3v) is 3.62. The highest BCUT2D eigenvalue weighted by Crippen LogP contribution is 2.13. The zero-order valence-corrected chi connectivity index (χ0v) is 13.3. The zero-order chi connectivity index (χ0) is 15.4. The van der Waals surface area contributed by atoms with Crippen LogP contribution in [0.4, 0.5) is 0 Å². The SMILES string of the molecule is CCc1nc2ccc(C(=O)NCCCN(C)C)cn2c1C. The van der Waals surface area contributed by atoms with Gasteiger partial charge in [-0.1, -0.05) is 6.92 Å². The maximum Gasteiger partial charge on any atom is 0.252 e. The molecule has 0 aromatic carbocycles. The maximum atomic E-state index is 12.2. The first-order chi connectivity index (χ1) is 10.0. The Morgan fingerprint density at radius 1 is 1.38 bits per heavy atom. The van der Waals surface area contributed by atoms with Gasteiger partial charge in [-0.3, -0.25) is 4.79 Å². The van der Waals surface area contributed by atoms with Crippen molar-refractivity contribution in [2.45, 2.75) is 26.7 Å². The number of fused-ring (bicyclic) bond motifs is 1. The van der Waals surface area contributed by atoms with Crippen LogP contribution in [0.1, 0.15) is 35.1 Å². The molecule has 1 amide bonds. The van der Waals surface area contributed by atoms with Crippen LogP contribution in [0.25, 0.3) is 5.65 Å². The number of nitrogens with one attached hydrogen (secondary N) is 1. The molecule has 0 spiro atoms. The molecule has 0 aliphatic heterocycles. The third-order valence-electron chi connectivity index (χ3n) is 3.62. The van der Waals surface area contributed by atoms with Crippen LogP contribution in [0.3, 0.4) is 0 Å². The maximum absolute atomic E-state index is 12.2. The van der Waals surface area contributed by atoms with Crippen LogP contribution in [0, 0.1) is 6.92 Å². The summed E-state index contributed by atoms with van der Waals surface area (Å²) in [6, 6.07) is 3.74. The molecule has 2 aromatic heterocycles. The molecule has 0 aliphatic rings. The second-order valence-electron chi connectivity index (χ2n) is 5.56. The van der Waals surface area contributed by atoms with Crippen molar-refractivity contribution in [3.63, 3.8) is 0 Å². The van der Waals surface area contributed by atoms with Crippen LogP contribution in [0.15, 0.2) is 18.3 Å². The predicted octanol–water partition coefficient (Wildman–Crippen LogP) is 1.89. The van der Waals surface area contributed by atoms with Gasteiger partial charge in [0.2, 0.25) is 0 Å². The fourth-order valence-corrected chi connectivity index (χ4v) is 2.38. The molecular formula is C16H24N4O. The van der Waals surface area contributed by atoms with Crippen LogP contribution in [-0.4, -0.2) is 47.4 Å². The first-order valence-electron chi connectivity index (χ1n) is 7.43. The Hall–Kier alpha value is -1.88. The number of hydrogen-bond acceptors (Lipinski definition) is 3. The number of aromatic nitrogens is 2. The van der Waals surface area contributed by atoms with Crippen LogP contribution < -0.4 is 5.32 Å². The molecule has 0 saturated carbocycles. The van der Waals surface area contributed by atoms with Gasteiger partial charge in [0.15, 0.2) is 0 Å². The number of nitrogens with zero attached hydrogens (tertiary/aromatic N) is 3. The Labute approximate surface area is 126 Å². The smallest absolute Gasteiger partial charge is 0.252 e. The third kappa shape index (κ3) is 3.61. The highest BCUT2D eigenvalue weighted by Gasteiger charge is 2.10. The van der Waals surface area contributed by atoms with Crippen molar-refractivity contribution in [3.05, 3.63) is 35.3 Å². The first kappa shape index (κ1) is 15.5. The lowest BCUT2D eigenvalue weighted by atomic mass is 10.2. The Morgan fingerprint density at radius 3 is 2.81 bits per heavy atom. The van der Waals surface area contributed by atoms with Gasteiger partial charge in [0.05, 0.1) is 11.3 Å². The molecule has 2 aromatic rings. The topological polar surface area (TPSA) is 49.6 Å². The van der Waals surface area contributed by atoms with Crippen molar-refractivity contribution >= 4 is 11.6 Å². The van der Waals surface area contributed by atoms with E-state index in [0.29, 0.717) is 12.1 Å². The number of carbonyl (C=O) groups excluding carboxylic acids is 1. The van der Waals surface area contributed by atoms with E-state index in [1.807, 2.05) is 43.7 Å². The van der Waals surface area contributed by atoms with Crippen LogP contribution in [0.5, 0.6) is 0 Å². The average Bonchev–Trinajstić information content (AvgIpc) is 2.79. The molecule has 2 heterocycles. The summed E-state index contributed by atoms with van der Waals surface area (Å²) in [4.78, 5) is 18.8. The second-order valence-corrected chi connectivity index (χ2v) is 5.56. The second kappa shape index (κ2) is 6.72. The minimum absolute atomic E-state index is 0.0261. The summed E-state index contributed by atoms with van der Waals surface area (Å²) in [6.45, 7) is 5.79. The molecule has 0 unspecified atom stereocenters. The van der Waals surface area contributed by atoms with Crippen molar-refractivity contribution < 1.29 is 4.79 Å². The number of aryl methyl sites for hydroxylation is 2. The zero-order valence-electron chi connectivity index (χ0n) is 13.3. The number of pyridine rings is 1. The highest BCUT2D eigenvalue weighted by molar-refractivity contribution is 5.94. The monoisotopic (exact) mass is 288 g/mol. The molecule has 21 heavy (non-hydrogen) atoms. The lowest BCUT2D eigenvalue weighted by molar-refractivity contribution is 0.0952. The number of carbonyl (C=O) groups is 1. The van der Waals surface area contributed by atoms with Gasteiger partial charge in [0.1, 0.15) is 5.65 Å². The summed E-state index contributed by atoms with van der Waals surface area (Å²) in [5.74, 6) is -0.0261. The molecule has 114 valence electrons. The van der Waals surface area contributed by atoms with Crippen LogP contribution >= 0.6 is 0 Å². The van der Waals surface area contributed by atoms with E-state index in [2.05, 4.69) is 22.1 Å². The van der Waals surface area contributed by atoms with Gasteiger partial charge in [-0.2, -0.15) is 0 Å². The normalized spacial score (nSPS) is 11.3. The molecular weight excluding hydrogens is 264 g/mol. The Kier molecular flexibility index (Phi) is 4.96. The lowest BCUT2D eigenvalue weighted by Gasteiger charge is -2.10. The van der Waals surface area contributed by atoms with Crippen LogP contribution in [0.2, 0.25) is 0 Å². The van der Waals surface area contributed by atoms with E-state index >= 15 is 0 Å². The molecule has 0 saturated heterocycles. The molecule has 0 bridgehead atoms. The highest BCUT2D eigenvalue weighted by atomic mass is 16.1. The molecule has 0 fully saturated rings. The molecule has 0 aliphatic carbocycles. The van der Waals surface area contributed by atoms with Crippen molar-refractivity contribution in [1.29, 1.82) is 0 Å². The predicted molar refractivity (Wildman–Crippen MR) is 84.8 cm³/mol. The number of rotatable bonds is 6. The summed E-state index contributed by atoms with van der Waals surface area (Å²) in [5, 5.41) is 2.96. The van der Waals surface area contributed by atoms with Gasteiger partial charge < -0.3 is 14.6 Å². The Balaban J connectivity index is 2.07. The van der Waals surface area contributed by atoms with Crippen molar-refractivity contribution in [3.8, 4) is 0 Å². The average molecular weight is 288 g/mol. The van der Waals surface area contributed by atoms with Crippen molar-refractivity contribution in [2.75, 3.05) is 27.2 Å². The molecule has 0 atom stereocenters. The van der Waals surface area contributed by atoms with E-state index < -0.39 is 0 Å². The Morgan fingerprint density at radius 2 is 2.14 bits per heavy atom. The molecule has 2 rings (SSSR count). The number of hydrogen-bond donors (Lipinski definition) is 1. The van der Waals surface area contributed by atoms with Gasteiger partial charge in [-0.15, -0.1) is 0 Å². The Bertz CT molecular complexity index is 630. The standard InChI is InChI=1S/C16H24N4O/c1-5-14-12(2)20-11-13(7-8-15(20)18-14)16(21)17-9-6-10-19(3)4/h7-8,11H,5-6,9-10H2,1-4H3,(H,17,21). The van der Waals surface area contributed by atoms with Gasteiger partial charge in [0, 0.05) is 18.4 Å². The largest absolute Gasteiger partial charge is 0.352 e. The molecule has 5 nitrogen and oxygen atoms in total. The van der Waals surface area contributed by atoms with E-state index in [1.54, 1.807) is 0 Å². The summed E-state index contributed by atoms with van der Waals surface area (Å²) in [6.07, 6.45) is 3.72. The number of amides is 1. The number of imidazole rings is 1. The van der Waals surface area contributed by atoms with Crippen molar-refractivity contribution in [2.24, 2.45) is 0 Å². The summed E-state index contributed by atoms with van der Waals surface area (Å²) < 4.78 is 1.99. The molecule has 1 N–H and O–H groups in total. The van der Waals surface area contributed by atoms with Crippen LogP contribution in [-0.2, 0) is 6.42 Å². The van der Waals surface area contributed by atoms with Gasteiger partial charge in [0.25, 0.3) is 5.91 Å². The molecule has 0 radical (unpaired) electrons. The van der Waals surface area contributed by atoms with E-state index in [1.165, 1.54) is 0 Å². The minimum Gasteiger partial charge on any atom is -0.352 e. The summed E-state index contributed by atoms with van der Waals surface area (Å²) in [7, 11) is 4.06.